The van der Waals surface area contributed by atoms with E-state index in [1.54, 1.807) is 32.4 Å². The van der Waals surface area contributed by atoms with Crippen LogP contribution in [0, 0.1) is 0 Å². The predicted molar refractivity (Wildman–Crippen MR) is 134 cm³/mol. The summed E-state index contributed by atoms with van der Waals surface area (Å²) in [5, 5.41) is 15.0. The summed E-state index contributed by atoms with van der Waals surface area (Å²) in [4.78, 5) is 6.58. The minimum Gasteiger partial charge on any atom is -0.497 e. The number of benzene rings is 2. The Hall–Kier alpha value is -2.46. The molecule has 168 valence electrons. The van der Waals surface area contributed by atoms with Gasteiger partial charge in [-0.25, -0.2) is 0 Å². The van der Waals surface area contributed by atoms with Crippen molar-refractivity contribution in [1.29, 1.82) is 0 Å². The first-order valence-corrected chi connectivity index (χ1v) is 9.92. The summed E-state index contributed by atoms with van der Waals surface area (Å²) in [5.41, 5.74) is 1.55. The first-order chi connectivity index (χ1) is 14.5. The number of aliphatic hydroxyl groups excluding tert-OH is 1. The molecule has 7 nitrogen and oxygen atoms in total. The molecule has 0 fully saturated rings. The summed E-state index contributed by atoms with van der Waals surface area (Å²) in [6.07, 6.45) is -0.790. The Morgan fingerprint density at radius 3 is 2.42 bits per heavy atom. The van der Waals surface area contributed by atoms with Gasteiger partial charge in [-0.05, 0) is 36.8 Å². The van der Waals surface area contributed by atoms with Crippen LogP contribution >= 0.6 is 24.0 Å². The molecular formula is C23H30IN3O4. The van der Waals surface area contributed by atoms with Crippen LogP contribution in [0.5, 0.6) is 11.5 Å². The van der Waals surface area contributed by atoms with Crippen molar-refractivity contribution in [3.05, 3.63) is 59.9 Å². The van der Waals surface area contributed by atoms with Gasteiger partial charge in [0.05, 0.1) is 33.4 Å². The van der Waals surface area contributed by atoms with Gasteiger partial charge in [0.25, 0.3) is 0 Å². The van der Waals surface area contributed by atoms with Gasteiger partial charge in [0.15, 0.2) is 5.96 Å². The van der Waals surface area contributed by atoms with E-state index in [9.17, 15) is 5.11 Å². The summed E-state index contributed by atoms with van der Waals surface area (Å²) in [6, 6.07) is 15.3. The van der Waals surface area contributed by atoms with Gasteiger partial charge in [0.2, 0.25) is 0 Å². The van der Waals surface area contributed by atoms with Crippen LogP contribution in [0.1, 0.15) is 24.4 Å². The minimum absolute atomic E-state index is 0. The van der Waals surface area contributed by atoms with Crippen LogP contribution in [0.15, 0.2) is 57.9 Å². The Morgan fingerprint density at radius 2 is 1.81 bits per heavy atom. The molecule has 0 radical (unpaired) electrons. The fourth-order valence-corrected chi connectivity index (χ4v) is 3.19. The van der Waals surface area contributed by atoms with Crippen LogP contribution in [-0.2, 0) is 6.54 Å². The van der Waals surface area contributed by atoms with E-state index in [1.807, 2.05) is 49.2 Å². The third kappa shape index (κ3) is 6.51. The zero-order valence-electron chi connectivity index (χ0n) is 18.3. The van der Waals surface area contributed by atoms with E-state index in [2.05, 4.69) is 10.3 Å². The Bertz CT molecular complexity index is 950. The third-order valence-electron chi connectivity index (χ3n) is 4.74. The van der Waals surface area contributed by atoms with Gasteiger partial charge in [0, 0.05) is 25.0 Å². The number of rotatable bonds is 8. The number of furan rings is 1. The maximum Gasteiger partial charge on any atom is 0.194 e. The van der Waals surface area contributed by atoms with Crippen LogP contribution < -0.4 is 14.8 Å². The third-order valence-corrected chi connectivity index (χ3v) is 4.74. The maximum atomic E-state index is 10.7. The lowest BCUT2D eigenvalue weighted by molar-refractivity contribution is 0.185. The molecule has 8 heteroatoms. The van der Waals surface area contributed by atoms with Gasteiger partial charge < -0.3 is 29.2 Å². The molecule has 0 aliphatic carbocycles. The second-order valence-corrected chi connectivity index (χ2v) is 6.96. The molecule has 0 bridgehead atoms. The first-order valence-electron chi connectivity index (χ1n) is 9.92. The number of para-hydroxylation sites is 1. The molecule has 31 heavy (non-hydrogen) atoms. The van der Waals surface area contributed by atoms with Crippen molar-refractivity contribution in [3.63, 3.8) is 0 Å². The van der Waals surface area contributed by atoms with Gasteiger partial charge in [-0.3, -0.25) is 4.99 Å². The molecule has 1 atom stereocenters. The Morgan fingerprint density at radius 1 is 1.13 bits per heavy atom. The molecule has 0 aliphatic heterocycles. The number of nitrogens with one attached hydrogen (secondary N) is 1. The summed E-state index contributed by atoms with van der Waals surface area (Å²) in [7, 11) is 5.11. The molecule has 1 unspecified atom stereocenters. The van der Waals surface area contributed by atoms with Crippen LogP contribution in [0.25, 0.3) is 11.0 Å². The molecule has 0 saturated heterocycles. The molecule has 0 spiro atoms. The number of nitrogens with zero attached hydrogens (tertiary/aromatic N) is 2. The monoisotopic (exact) mass is 539 g/mol. The van der Waals surface area contributed by atoms with Crippen LogP contribution in [-0.4, -0.2) is 50.3 Å². The second kappa shape index (κ2) is 11.8. The fraction of sp³-hybridized carbons (Fsp3) is 0.348. The van der Waals surface area contributed by atoms with Gasteiger partial charge in [0.1, 0.15) is 22.8 Å². The van der Waals surface area contributed by atoms with Crippen molar-refractivity contribution < 1.29 is 19.0 Å². The number of fused-ring (bicyclic) bond motifs is 1. The lowest BCUT2D eigenvalue weighted by atomic mass is 10.1. The molecule has 3 rings (SSSR count). The van der Waals surface area contributed by atoms with Crippen LogP contribution in [0.3, 0.4) is 0 Å². The molecule has 0 amide bonds. The number of ether oxygens (including phenoxy) is 2. The molecule has 1 aromatic heterocycles. The number of guanidine groups is 1. The highest BCUT2D eigenvalue weighted by Gasteiger charge is 2.14. The number of halogens is 1. The number of aliphatic imine (C=N–C) groups is 1. The smallest absolute Gasteiger partial charge is 0.194 e. The van der Waals surface area contributed by atoms with E-state index in [4.69, 9.17) is 13.9 Å². The number of hydrogen-bond donors (Lipinski definition) is 2. The van der Waals surface area contributed by atoms with Crippen LogP contribution in [0.2, 0.25) is 0 Å². The van der Waals surface area contributed by atoms with Crippen molar-refractivity contribution in [1.82, 2.24) is 10.2 Å². The van der Waals surface area contributed by atoms with E-state index >= 15 is 0 Å². The highest BCUT2D eigenvalue weighted by atomic mass is 127. The number of hydrogen-bond acceptors (Lipinski definition) is 5. The SMILES string of the molecule is CCNC(=NCC(O)c1cc(OC)cc(OC)c1)N(C)Cc1cc2ccccc2o1.I. The molecule has 2 aromatic carbocycles. The average Bonchev–Trinajstić information content (AvgIpc) is 3.18. The molecular weight excluding hydrogens is 509 g/mol. The van der Waals surface area contributed by atoms with Gasteiger partial charge in [-0.2, -0.15) is 0 Å². The van der Waals surface area contributed by atoms with Gasteiger partial charge in [-0.15, -0.1) is 24.0 Å². The lowest BCUT2D eigenvalue weighted by Crippen LogP contribution is -2.38. The first kappa shape index (κ1) is 24.8. The highest BCUT2D eigenvalue weighted by molar-refractivity contribution is 14.0. The summed E-state index contributed by atoms with van der Waals surface area (Å²) < 4.78 is 16.5. The molecule has 1 heterocycles. The Kier molecular flexibility index (Phi) is 9.44. The van der Waals surface area contributed by atoms with Crippen molar-refractivity contribution in [2.45, 2.75) is 19.6 Å². The number of methoxy groups -OCH3 is 2. The standard InChI is InChI=1S/C23H29N3O4.HI/c1-5-24-23(26(2)15-20-10-16-8-6-7-9-22(16)30-20)25-14-21(27)17-11-18(28-3)13-19(12-17)29-4;/h6-13,21,27H,5,14-15H2,1-4H3,(H,24,25);1H. The fourth-order valence-electron chi connectivity index (χ4n) is 3.19. The van der Waals surface area contributed by atoms with Crippen LogP contribution in [0.4, 0.5) is 0 Å². The normalized spacial score (nSPS) is 12.2. The van der Waals surface area contributed by atoms with Crippen molar-refractivity contribution in [3.8, 4) is 11.5 Å². The topological polar surface area (TPSA) is 79.5 Å². The second-order valence-electron chi connectivity index (χ2n) is 6.96. The zero-order valence-corrected chi connectivity index (χ0v) is 20.6. The molecule has 3 aromatic rings. The van der Waals surface area contributed by atoms with E-state index < -0.39 is 6.10 Å². The summed E-state index contributed by atoms with van der Waals surface area (Å²) >= 11 is 0. The Balaban J connectivity index is 0.00000341. The highest BCUT2D eigenvalue weighted by Crippen LogP contribution is 2.26. The van der Waals surface area contributed by atoms with Gasteiger partial charge in [-0.1, -0.05) is 18.2 Å². The van der Waals surface area contributed by atoms with Crippen molar-refractivity contribution >= 4 is 40.9 Å². The van der Waals surface area contributed by atoms with Gasteiger partial charge >= 0.3 is 0 Å². The lowest BCUT2D eigenvalue weighted by Gasteiger charge is -2.21. The average molecular weight is 539 g/mol. The van der Waals surface area contributed by atoms with Crippen molar-refractivity contribution in [2.75, 3.05) is 34.4 Å². The van der Waals surface area contributed by atoms with E-state index in [-0.39, 0.29) is 30.5 Å². The number of aliphatic hydroxyl groups is 1. The van der Waals surface area contributed by atoms with E-state index in [0.29, 0.717) is 36.1 Å². The summed E-state index contributed by atoms with van der Waals surface area (Å²) in [5.74, 6) is 2.79. The maximum absolute atomic E-state index is 10.7. The Labute approximate surface area is 200 Å². The quantitative estimate of drug-likeness (QED) is 0.254. The molecule has 0 aliphatic rings. The molecule has 0 saturated carbocycles. The van der Waals surface area contributed by atoms with E-state index in [0.717, 1.165) is 16.7 Å². The largest absolute Gasteiger partial charge is 0.497 e. The van der Waals surface area contributed by atoms with E-state index in [1.165, 1.54) is 0 Å². The zero-order chi connectivity index (χ0) is 21.5. The van der Waals surface area contributed by atoms with Crippen molar-refractivity contribution in [2.24, 2.45) is 4.99 Å². The summed E-state index contributed by atoms with van der Waals surface area (Å²) in [6.45, 7) is 3.48. The molecule has 2 N–H and O–H groups in total. The minimum atomic E-state index is -0.790. The predicted octanol–water partition coefficient (Wildman–Crippen LogP) is 4.20.